The standard InChI is InChI=1S/C28H51N7O7/c1-23(36)35(24(28(39)40)17-18-25(29)37)42-22-21-41-20-19-30-27(38)16-14-12-10-8-6-4-2-3-5-7-9-11-13-15-26-31-33-34-32-26/h24H,2-22H2,1H3,(H2,29,37)(H,30,38)(H,39,40)(H,31,32,33,34)/t24-/m0/s1. The van der Waals surface area contributed by atoms with Crippen LogP contribution in [0.3, 0.4) is 0 Å². The Morgan fingerprint density at radius 1 is 0.881 bits per heavy atom. The number of carboxylic acid groups (broad SMARTS) is 1. The number of hydrogen-bond donors (Lipinski definition) is 4. The molecule has 3 amide bonds. The Morgan fingerprint density at radius 2 is 1.48 bits per heavy atom. The van der Waals surface area contributed by atoms with Crippen molar-refractivity contribution in [3.8, 4) is 0 Å². The van der Waals surface area contributed by atoms with Gasteiger partial charge in [-0.15, -0.1) is 5.10 Å². The maximum Gasteiger partial charge on any atom is 0.329 e. The minimum absolute atomic E-state index is 0.00802. The highest BCUT2D eigenvalue weighted by atomic mass is 16.7. The van der Waals surface area contributed by atoms with E-state index in [1.807, 2.05) is 0 Å². The van der Waals surface area contributed by atoms with E-state index < -0.39 is 23.8 Å². The van der Waals surface area contributed by atoms with E-state index in [0.717, 1.165) is 43.0 Å². The molecule has 0 aliphatic rings. The number of hydrogen-bond acceptors (Lipinski definition) is 9. The number of aryl methyl sites for hydroxylation is 1. The van der Waals surface area contributed by atoms with Crippen molar-refractivity contribution in [3.05, 3.63) is 5.82 Å². The molecule has 1 aromatic rings. The smallest absolute Gasteiger partial charge is 0.329 e. The molecule has 0 aliphatic heterocycles. The van der Waals surface area contributed by atoms with Crippen LogP contribution in [-0.4, -0.2) is 86.9 Å². The lowest BCUT2D eigenvalue weighted by Crippen LogP contribution is -2.45. The number of amides is 3. The van der Waals surface area contributed by atoms with Gasteiger partial charge in [-0.3, -0.25) is 19.2 Å². The summed E-state index contributed by atoms with van der Waals surface area (Å²) in [6.45, 7) is 1.83. The zero-order valence-electron chi connectivity index (χ0n) is 25.2. The summed E-state index contributed by atoms with van der Waals surface area (Å²) in [6.07, 6.45) is 16.8. The van der Waals surface area contributed by atoms with Gasteiger partial charge in [0.25, 0.3) is 0 Å². The van der Waals surface area contributed by atoms with Gasteiger partial charge < -0.3 is 20.9 Å². The fraction of sp³-hybridized carbons (Fsp3) is 0.821. The van der Waals surface area contributed by atoms with Crippen molar-refractivity contribution in [1.29, 1.82) is 0 Å². The zero-order chi connectivity index (χ0) is 30.8. The van der Waals surface area contributed by atoms with Crippen LogP contribution in [0.1, 0.15) is 115 Å². The number of nitrogens with zero attached hydrogens (tertiary/aromatic N) is 4. The number of rotatable bonds is 28. The molecule has 0 saturated heterocycles. The maximum atomic E-state index is 12.0. The van der Waals surface area contributed by atoms with Crippen LogP contribution in [0.15, 0.2) is 0 Å². The summed E-state index contributed by atoms with van der Waals surface area (Å²) in [5.41, 5.74) is 5.07. The van der Waals surface area contributed by atoms with Gasteiger partial charge in [-0.2, -0.15) is 0 Å². The number of unbranched alkanes of at least 4 members (excludes halogenated alkanes) is 12. The van der Waals surface area contributed by atoms with Crippen LogP contribution in [0.2, 0.25) is 0 Å². The van der Waals surface area contributed by atoms with Crippen molar-refractivity contribution in [2.75, 3.05) is 26.4 Å². The first-order chi connectivity index (χ1) is 20.3. The molecule has 14 heteroatoms. The van der Waals surface area contributed by atoms with E-state index >= 15 is 0 Å². The third kappa shape index (κ3) is 19.9. The summed E-state index contributed by atoms with van der Waals surface area (Å²) in [4.78, 5) is 51.4. The summed E-state index contributed by atoms with van der Waals surface area (Å²) < 4.78 is 5.39. The summed E-state index contributed by atoms with van der Waals surface area (Å²) in [5, 5.41) is 26.7. The first-order valence-corrected chi connectivity index (χ1v) is 15.3. The Balaban J connectivity index is 1.89. The second-order valence-electron chi connectivity index (χ2n) is 10.4. The highest BCUT2D eigenvalue weighted by molar-refractivity contribution is 5.82. The molecule has 1 aromatic heterocycles. The van der Waals surface area contributed by atoms with Crippen LogP contribution in [-0.2, 0) is 35.2 Å². The van der Waals surface area contributed by atoms with Gasteiger partial charge in [0.1, 0.15) is 5.82 Å². The number of carbonyl (C=O) groups excluding carboxylic acids is 3. The zero-order valence-corrected chi connectivity index (χ0v) is 25.2. The lowest BCUT2D eigenvalue weighted by molar-refractivity contribution is -0.209. The number of ether oxygens (including phenoxy) is 1. The fourth-order valence-electron chi connectivity index (χ4n) is 4.48. The number of hydroxylamine groups is 2. The predicted octanol–water partition coefficient (Wildman–Crippen LogP) is 2.84. The number of carbonyl (C=O) groups is 4. The Bertz CT molecular complexity index is 871. The third-order valence-electron chi connectivity index (χ3n) is 6.78. The molecule has 0 fully saturated rings. The minimum atomic E-state index is -1.32. The van der Waals surface area contributed by atoms with E-state index in [-0.39, 0.29) is 38.6 Å². The molecule has 0 aliphatic carbocycles. The molecule has 0 spiro atoms. The third-order valence-corrected chi connectivity index (χ3v) is 6.78. The van der Waals surface area contributed by atoms with Crippen LogP contribution in [0, 0.1) is 0 Å². The lowest BCUT2D eigenvalue weighted by Gasteiger charge is -2.26. The Hall–Kier alpha value is -3.13. The molecule has 0 radical (unpaired) electrons. The minimum Gasteiger partial charge on any atom is -0.480 e. The number of aromatic nitrogens is 4. The largest absolute Gasteiger partial charge is 0.480 e. The first-order valence-electron chi connectivity index (χ1n) is 15.3. The van der Waals surface area contributed by atoms with E-state index in [2.05, 4.69) is 25.9 Å². The summed E-state index contributed by atoms with van der Waals surface area (Å²) in [6, 6.07) is -1.32. The molecule has 0 unspecified atom stereocenters. The Labute approximate surface area is 248 Å². The van der Waals surface area contributed by atoms with E-state index in [1.54, 1.807) is 0 Å². The van der Waals surface area contributed by atoms with Gasteiger partial charge in [0.05, 0.1) is 19.8 Å². The van der Waals surface area contributed by atoms with Gasteiger partial charge in [-0.05, 0) is 29.7 Å². The number of tetrazole rings is 1. The average molecular weight is 598 g/mol. The van der Waals surface area contributed by atoms with Crippen molar-refractivity contribution >= 4 is 23.7 Å². The van der Waals surface area contributed by atoms with Crippen LogP contribution in [0.4, 0.5) is 0 Å². The summed E-state index contributed by atoms with van der Waals surface area (Å²) in [5.74, 6) is -1.70. The van der Waals surface area contributed by atoms with E-state index in [4.69, 9.17) is 15.3 Å². The number of carboxylic acids is 1. The van der Waals surface area contributed by atoms with E-state index in [0.29, 0.717) is 13.0 Å². The quantitative estimate of drug-likeness (QED) is 0.0821. The van der Waals surface area contributed by atoms with Gasteiger partial charge in [0.2, 0.25) is 17.7 Å². The fourth-order valence-corrected chi connectivity index (χ4v) is 4.48. The van der Waals surface area contributed by atoms with Gasteiger partial charge in [0, 0.05) is 32.7 Å². The van der Waals surface area contributed by atoms with Gasteiger partial charge in [-0.25, -0.2) is 15.0 Å². The number of aliphatic carboxylic acids is 1. The SMILES string of the molecule is CC(=O)N(OCCOCCNC(=O)CCCCCCCCCCCCCCCc1nnn[nH]1)[C@@H](CCC(N)=O)C(=O)O. The molecule has 240 valence electrons. The molecular formula is C28H51N7O7. The molecule has 14 nitrogen and oxygen atoms in total. The monoisotopic (exact) mass is 597 g/mol. The number of H-pyrrole nitrogens is 1. The van der Waals surface area contributed by atoms with Crippen LogP contribution < -0.4 is 11.1 Å². The number of nitrogens with one attached hydrogen (secondary N) is 2. The van der Waals surface area contributed by atoms with Crippen LogP contribution in [0.25, 0.3) is 0 Å². The molecule has 0 saturated carbocycles. The normalized spacial score (nSPS) is 11.7. The van der Waals surface area contributed by atoms with Gasteiger partial charge in [-0.1, -0.05) is 70.6 Å². The van der Waals surface area contributed by atoms with Crippen molar-refractivity contribution in [1.82, 2.24) is 31.0 Å². The molecule has 0 aromatic carbocycles. The molecule has 0 bridgehead atoms. The van der Waals surface area contributed by atoms with Gasteiger partial charge >= 0.3 is 5.97 Å². The molecule has 1 heterocycles. The van der Waals surface area contributed by atoms with Gasteiger partial charge in [0.15, 0.2) is 6.04 Å². The molecule has 1 atom stereocenters. The summed E-state index contributed by atoms with van der Waals surface area (Å²) in [7, 11) is 0. The second kappa shape index (κ2) is 24.5. The molecule has 1 rings (SSSR count). The summed E-state index contributed by atoms with van der Waals surface area (Å²) >= 11 is 0. The highest BCUT2D eigenvalue weighted by Crippen LogP contribution is 2.13. The second-order valence-corrected chi connectivity index (χ2v) is 10.4. The van der Waals surface area contributed by atoms with Crippen LogP contribution in [0.5, 0.6) is 0 Å². The van der Waals surface area contributed by atoms with E-state index in [1.165, 1.54) is 64.7 Å². The van der Waals surface area contributed by atoms with Crippen LogP contribution >= 0.6 is 0 Å². The predicted molar refractivity (Wildman–Crippen MR) is 155 cm³/mol. The van der Waals surface area contributed by atoms with Crippen molar-refractivity contribution in [3.63, 3.8) is 0 Å². The first kappa shape index (κ1) is 36.9. The highest BCUT2D eigenvalue weighted by Gasteiger charge is 2.29. The Morgan fingerprint density at radius 3 is 2.00 bits per heavy atom. The molecular weight excluding hydrogens is 546 g/mol. The van der Waals surface area contributed by atoms with Crippen molar-refractivity contribution in [2.45, 2.75) is 122 Å². The molecule has 42 heavy (non-hydrogen) atoms. The number of aromatic amines is 1. The number of primary amides is 1. The molecule has 5 N–H and O–H groups in total. The average Bonchev–Trinajstić information content (AvgIpc) is 3.46. The Kier molecular flexibility index (Phi) is 21.5. The maximum absolute atomic E-state index is 12.0. The van der Waals surface area contributed by atoms with Crippen molar-refractivity contribution < 1.29 is 33.9 Å². The topological polar surface area (TPSA) is 203 Å². The van der Waals surface area contributed by atoms with E-state index in [9.17, 15) is 24.3 Å². The van der Waals surface area contributed by atoms with Crippen molar-refractivity contribution in [2.24, 2.45) is 5.73 Å². The lowest BCUT2D eigenvalue weighted by atomic mass is 10.0. The number of nitrogens with two attached hydrogens (primary N) is 1.